The Morgan fingerprint density at radius 2 is 1.93 bits per heavy atom. The summed E-state index contributed by atoms with van der Waals surface area (Å²) in [6.45, 7) is 5.28. The zero-order valence-corrected chi connectivity index (χ0v) is 17.5. The van der Waals surface area contributed by atoms with E-state index in [1.165, 1.54) is 5.56 Å². The van der Waals surface area contributed by atoms with Gasteiger partial charge in [0.05, 0.1) is 16.3 Å². The van der Waals surface area contributed by atoms with Gasteiger partial charge in [0.1, 0.15) is 0 Å². The molecule has 0 N–H and O–H groups in total. The average Bonchev–Trinajstić information content (AvgIpc) is 3.32. The Labute approximate surface area is 176 Å². The second-order valence-electron chi connectivity index (χ2n) is 7.21. The van der Waals surface area contributed by atoms with Gasteiger partial charge in [0.15, 0.2) is 16.7 Å². The van der Waals surface area contributed by atoms with Gasteiger partial charge in [-0.05, 0) is 55.8 Å². The number of rotatable bonds is 2. The largest absolute Gasteiger partial charge is 0.327 e. The van der Waals surface area contributed by atoms with Gasteiger partial charge in [0, 0.05) is 23.7 Å². The summed E-state index contributed by atoms with van der Waals surface area (Å²) in [5, 5.41) is 10.3. The fraction of sp³-hybridized carbons (Fsp3) is 0.238. The number of nitrogens with zero attached hydrogens (tertiary/aromatic N) is 5. The molecule has 29 heavy (non-hydrogen) atoms. The van der Waals surface area contributed by atoms with E-state index in [2.05, 4.69) is 33.8 Å². The van der Waals surface area contributed by atoms with Crippen LogP contribution in [-0.2, 0) is 6.54 Å². The molecule has 1 aliphatic heterocycles. The standard InChI is InChI=1S/C21H18ClN5OS/c1-12-3-8-16-17(11-12)29-20(23-16)19-25-24-18-13(2)26(9-10-27(18)19)21(28)14-4-6-15(22)7-5-14/h3-8,11,13H,9-10H2,1-2H3. The molecule has 0 aliphatic carbocycles. The van der Waals surface area contributed by atoms with E-state index < -0.39 is 0 Å². The number of thiazole rings is 1. The first kappa shape index (κ1) is 18.3. The third-order valence-corrected chi connectivity index (χ3v) is 6.54. The lowest BCUT2D eigenvalue weighted by Crippen LogP contribution is -2.41. The van der Waals surface area contributed by atoms with Crippen LogP contribution in [0.15, 0.2) is 42.5 Å². The molecular formula is C21H18ClN5OS. The van der Waals surface area contributed by atoms with E-state index in [4.69, 9.17) is 16.6 Å². The molecule has 0 spiro atoms. The van der Waals surface area contributed by atoms with Gasteiger partial charge in [0.25, 0.3) is 5.91 Å². The van der Waals surface area contributed by atoms with Crippen LogP contribution in [0.4, 0.5) is 0 Å². The molecule has 0 bridgehead atoms. The third-order valence-electron chi connectivity index (χ3n) is 5.27. The minimum atomic E-state index is -0.176. The van der Waals surface area contributed by atoms with Crippen LogP contribution in [-0.4, -0.2) is 37.1 Å². The number of benzene rings is 2. The summed E-state index contributed by atoms with van der Waals surface area (Å²) in [5.41, 5.74) is 2.80. The summed E-state index contributed by atoms with van der Waals surface area (Å²) in [6.07, 6.45) is 0. The van der Waals surface area contributed by atoms with E-state index in [1.807, 2.05) is 17.9 Å². The predicted octanol–water partition coefficient (Wildman–Crippen LogP) is 4.73. The number of hydrogen-bond donors (Lipinski definition) is 0. The van der Waals surface area contributed by atoms with Gasteiger partial charge >= 0.3 is 0 Å². The quantitative estimate of drug-likeness (QED) is 0.467. The molecule has 2 aromatic heterocycles. The molecule has 1 atom stereocenters. The number of hydrogen-bond acceptors (Lipinski definition) is 5. The lowest BCUT2D eigenvalue weighted by molar-refractivity contribution is 0.0638. The van der Waals surface area contributed by atoms with Crippen molar-refractivity contribution in [1.82, 2.24) is 24.6 Å². The third kappa shape index (κ3) is 3.10. The molecule has 4 aromatic rings. The molecule has 0 radical (unpaired) electrons. The molecule has 3 heterocycles. The Balaban J connectivity index is 1.47. The van der Waals surface area contributed by atoms with Crippen molar-refractivity contribution in [3.05, 3.63) is 64.4 Å². The Kier molecular flexibility index (Phi) is 4.37. The number of carbonyl (C=O) groups excluding carboxylic acids is 1. The highest BCUT2D eigenvalue weighted by molar-refractivity contribution is 7.21. The summed E-state index contributed by atoms with van der Waals surface area (Å²) in [6, 6.07) is 13.0. The molecule has 0 saturated heterocycles. The van der Waals surface area contributed by atoms with Crippen molar-refractivity contribution in [1.29, 1.82) is 0 Å². The lowest BCUT2D eigenvalue weighted by atomic mass is 10.1. The van der Waals surface area contributed by atoms with Crippen molar-refractivity contribution in [3.63, 3.8) is 0 Å². The first-order chi connectivity index (χ1) is 14.0. The van der Waals surface area contributed by atoms with Gasteiger partial charge in [-0.15, -0.1) is 21.5 Å². The molecule has 2 aromatic carbocycles. The van der Waals surface area contributed by atoms with Crippen LogP contribution in [0, 0.1) is 6.92 Å². The first-order valence-electron chi connectivity index (χ1n) is 9.38. The second kappa shape index (κ2) is 6.93. The number of aryl methyl sites for hydroxylation is 1. The van der Waals surface area contributed by atoms with Crippen LogP contribution in [0.3, 0.4) is 0 Å². The Bertz CT molecular complexity index is 1230. The molecule has 1 amide bonds. The van der Waals surface area contributed by atoms with E-state index in [1.54, 1.807) is 35.6 Å². The smallest absolute Gasteiger partial charge is 0.254 e. The number of halogens is 1. The summed E-state index contributed by atoms with van der Waals surface area (Å²) >= 11 is 7.57. The summed E-state index contributed by atoms with van der Waals surface area (Å²) in [5.74, 6) is 1.52. The van der Waals surface area contributed by atoms with E-state index in [-0.39, 0.29) is 11.9 Å². The second-order valence-corrected chi connectivity index (χ2v) is 8.67. The maximum Gasteiger partial charge on any atom is 0.254 e. The predicted molar refractivity (Wildman–Crippen MR) is 114 cm³/mol. The van der Waals surface area contributed by atoms with Gasteiger partial charge in [-0.2, -0.15) is 0 Å². The van der Waals surface area contributed by atoms with Gasteiger partial charge in [-0.1, -0.05) is 17.7 Å². The van der Waals surface area contributed by atoms with Crippen molar-refractivity contribution < 1.29 is 4.79 Å². The first-order valence-corrected chi connectivity index (χ1v) is 10.6. The SMILES string of the molecule is Cc1ccc2nc(-c3nnc4n3CCN(C(=O)c3ccc(Cl)cc3)C4C)sc2c1. The number of aromatic nitrogens is 4. The Hall–Kier alpha value is -2.77. The van der Waals surface area contributed by atoms with Crippen molar-refractivity contribution in [2.45, 2.75) is 26.4 Å². The zero-order chi connectivity index (χ0) is 20.1. The van der Waals surface area contributed by atoms with Crippen LogP contribution in [0.1, 0.15) is 34.7 Å². The van der Waals surface area contributed by atoms with Gasteiger partial charge in [-0.25, -0.2) is 4.98 Å². The molecule has 8 heteroatoms. The normalized spacial score (nSPS) is 16.2. The van der Waals surface area contributed by atoms with Crippen LogP contribution >= 0.6 is 22.9 Å². The zero-order valence-electron chi connectivity index (χ0n) is 16.0. The summed E-state index contributed by atoms with van der Waals surface area (Å²) in [4.78, 5) is 19.5. The van der Waals surface area contributed by atoms with Crippen molar-refractivity contribution in [3.8, 4) is 10.8 Å². The highest BCUT2D eigenvalue weighted by Gasteiger charge is 2.32. The van der Waals surface area contributed by atoms with E-state index in [0.717, 1.165) is 26.9 Å². The molecule has 5 rings (SSSR count). The summed E-state index contributed by atoms with van der Waals surface area (Å²) in [7, 11) is 0. The van der Waals surface area contributed by atoms with E-state index in [0.29, 0.717) is 23.7 Å². The van der Waals surface area contributed by atoms with Gasteiger partial charge in [-0.3, -0.25) is 4.79 Å². The fourth-order valence-corrected chi connectivity index (χ4v) is 4.89. The Morgan fingerprint density at radius 3 is 2.72 bits per heavy atom. The van der Waals surface area contributed by atoms with Crippen molar-refractivity contribution in [2.75, 3.05) is 6.54 Å². The average molecular weight is 424 g/mol. The molecule has 1 unspecified atom stereocenters. The number of amides is 1. The van der Waals surface area contributed by atoms with Gasteiger partial charge in [0.2, 0.25) is 0 Å². The Morgan fingerprint density at radius 1 is 1.14 bits per heavy atom. The van der Waals surface area contributed by atoms with E-state index in [9.17, 15) is 4.79 Å². The highest BCUT2D eigenvalue weighted by Crippen LogP contribution is 2.33. The molecule has 6 nitrogen and oxygen atoms in total. The van der Waals surface area contributed by atoms with Crippen molar-refractivity contribution >= 4 is 39.1 Å². The molecule has 0 fully saturated rings. The van der Waals surface area contributed by atoms with Crippen LogP contribution in [0.5, 0.6) is 0 Å². The van der Waals surface area contributed by atoms with Crippen LogP contribution in [0.25, 0.3) is 21.0 Å². The monoisotopic (exact) mass is 423 g/mol. The molecular weight excluding hydrogens is 406 g/mol. The molecule has 0 saturated carbocycles. The van der Waals surface area contributed by atoms with Crippen LogP contribution < -0.4 is 0 Å². The maximum absolute atomic E-state index is 13.0. The minimum absolute atomic E-state index is 0.0274. The fourth-order valence-electron chi connectivity index (χ4n) is 3.71. The summed E-state index contributed by atoms with van der Waals surface area (Å²) < 4.78 is 3.22. The maximum atomic E-state index is 13.0. The van der Waals surface area contributed by atoms with Crippen LogP contribution in [0.2, 0.25) is 5.02 Å². The lowest BCUT2D eigenvalue weighted by Gasteiger charge is -2.33. The van der Waals surface area contributed by atoms with Crippen molar-refractivity contribution in [2.24, 2.45) is 0 Å². The van der Waals surface area contributed by atoms with E-state index >= 15 is 0 Å². The number of carbonyl (C=O) groups is 1. The highest BCUT2D eigenvalue weighted by atomic mass is 35.5. The minimum Gasteiger partial charge on any atom is -0.327 e. The van der Waals surface area contributed by atoms with Gasteiger partial charge < -0.3 is 9.47 Å². The topological polar surface area (TPSA) is 63.9 Å². The molecule has 1 aliphatic rings. The number of fused-ring (bicyclic) bond motifs is 2. The molecule has 146 valence electrons.